The normalized spacial score (nSPS) is 14.9. The van der Waals surface area contributed by atoms with Crippen LogP contribution in [0.25, 0.3) is 16.8 Å². The second-order valence-corrected chi connectivity index (χ2v) is 10.1. The number of anilines is 1. The summed E-state index contributed by atoms with van der Waals surface area (Å²) in [5.74, 6) is 0.589. The molecular formula is C27H18BrNO2S2. The van der Waals surface area contributed by atoms with E-state index in [2.05, 4.69) is 46.3 Å². The van der Waals surface area contributed by atoms with Gasteiger partial charge in [0.05, 0.1) is 10.6 Å². The smallest absolute Gasteiger partial charge is 0.270 e. The Kier molecular flexibility index (Phi) is 6.31. The molecule has 1 aliphatic rings. The molecule has 0 unspecified atom stereocenters. The standard InChI is InChI=1S/C27H18BrNO2S2/c28-22-9-5-10-23(16-22)29-26(30)25(33-27(29)32)15-21-8-3-4-11-24(21)31-17-18-12-13-19-6-1-2-7-20(19)14-18/h1-16H,17H2/b25-15-. The minimum Gasteiger partial charge on any atom is -0.488 e. The molecule has 0 N–H and O–H groups in total. The third kappa shape index (κ3) is 4.74. The summed E-state index contributed by atoms with van der Waals surface area (Å²) in [6.45, 7) is 0.439. The number of nitrogens with zero attached hydrogens (tertiary/aromatic N) is 1. The van der Waals surface area contributed by atoms with Gasteiger partial charge in [-0.3, -0.25) is 9.69 Å². The van der Waals surface area contributed by atoms with Gasteiger partial charge in [-0.1, -0.05) is 101 Å². The first-order valence-corrected chi connectivity index (χ1v) is 12.3. The number of halogens is 1. The van der Waals surface area contributed by atoms with Gasteiger partial charge >= 0.3 is 0 Å². The van der Waals surface area contributed by atoms with Crippen LogP contribution in [-0.2, 0) is 11.4 Å². The van der Waals surface area contributed by atoms with Crippen LogP contribution >= 0.6 is 39.9 Å². The fourth-order valence-corrected chi connectivity index (χ4v) is 5.34. The van der Waals surface area contributed by atoms with E-state index in [0.717, 1.165) is 27.0 Å². The van der Waals surface area contributed by atoms with Gasteiger partial charge in [-0.25, -0.2) is 0 Å². The van der Waals surface area contributed by atoms with Crippen molar-refractivity contribution in [3.05, 3.63) is 112 Å². The molecule has 0 bridgehead atoms. The number of ether oxygens (including phenoxy) is 1. The Labute approximate surface area is 210 Å². The number of thioether (sulfide) groups is 1. The third-order valence-electron chi connectivity index (χ3n) is 5.27. The molecule has 0 spiro atoms. The van der Waals surface area contributed by atoms with Crippen LogP contribution in [0.3, 0.4) is 0 Å². The SMILES string of the molecule is O=C1/C(=C/c2ccccc2OCc2ccc3ccccc3c2)SC(=S)N1c1cccc(Br)c1. The molecule has 0 atom stereocenters. The Morgan fingerprint density at radius 2 is 1.70 bits per heavy atom. The van der Waals surface area contributed by atoms with Gasteiger partial charge in [0.2, 0.25) is 0 Å². The van der Waals surface area contributed by atoms with Gasteiger partial charge in [-0.15, -0.1) is 0 Å². The summed E-state index contributed by atoms with van der Waals surface area (Å²) < 4.78 is 7.56. The van der Waals surface area contributed by atoms with E-state index in [1.54, 1.807) is 4.90 Å². The molecule has 4 aromatic carbocycles. The molecule has 162 valence electrons. The van der Waals surface area contributed by atoms with Crippen molar-refractivity contribution in [2.75, 3.05) is 4.90 Å². The van der Waals surface area contributed by atoms with Gasteiger partial charge in [-0.05, 0) is 52.7 Å². The van der Waals surface area contributed by atoms with E-state index in [9.17, 15) is 4.79 Å². The van der Waals surface area contributed by atoms with Gasteiger partial charge in [0.25, 0.3) is 5.91 Å². The minimum atomic E-state index is -0.132. The van der Waals surface area contributed by atoms with E-state index >= 15 is 0 Å². The Morgan fingerprint density at radius 3 is 2.55 bits per heavy atom. The number of para-hydroxylation sites is 1. The Hall–Kier alpha value is -2.93. The number of hydrogen-bond donors (Lipinski definition) is 0. The topological polar surface area (TPSA) is 29.5 Å². The number of carbonyl (C=O) groups excluding carboxylic acids is 1. The predicted octanol–water partition coefficient (Wildman–Crippen LogP) is 7.59. The molecule has 5 rings (SSSR count). The lowest BCUT2D eigenvalue weighted by Crippen LogP contribution is -2.27. The van der Waals surface area contributed by atoms with Gasteiger partial charge in [0, 0.05) is 10.0 Å². The first kappa shape index (κ1) is 21.9. The average Bonchev–Trinajstić information content (AvgIpc) is 3.11. The molecule has 0 radical (unpaired) electrons. The number of hydrogen-bond acceptors (Lipinski definition) is 4. The first-order chi connectivity index (χ1) is 16.1. The van der Waals surface area contributed by atoms with Crippen molar-refractivity contribution < 1.29 is 9.53 Å². The lowest BCUT2D eigenvalue weighted by molar-refractivity contribution is -0.113. The van der Waals surface area contributed by atoms with Crippen molar-refractivity contribution in [3.63, 3.8) is 0 Å². The van der Waals surface area contributed by atoms with Gasteiger partial charge in [-0.2, -0.15) is 0 Å². The van der Waals surface area contributed by atoms with Crippen molar-refractivity contribution in [2.45, 2.75) is 6.61 Å². The second-order valence-electron chi connectivity index (χ2n) is 7.50. The summed E-state index contributed by atoms with van der Waals surface area (Å²) in [5, 5.41) is 2.39. The molecule has 4 aromatic rings. The van der Waals surface area contributed by atoms with Gasteiger partial charge in [0.1, 0.15) is 12.4 Å². The van der Waals surface area contributed by atoms with Crippen LogP contribution in [0, 0.1) is 0 Å². The fourth-order valence-electron chi connectivity index (χ4n) is 3.67. The lowest BCUT2D eigenvalue weighted by atomic mass is 10.1. The van der Waals surface area contributed by atoms with Crippen LogP contribution in [-0.4, -0.2) is 10.2 Å². The molecule has 0 aromatic heterocycles. The molecule has 3 nitrogen and oxygen atoms in total. The highest BCUT2D eigenvalue weighted by molar-refractivity contribution is 9.10. The quantitative estimate of drug-likeness (QED) is 0.196. The zero-order chi connectivity index (χ0) is 22.8. The summed E-state index contributed by atoms with van der Waals surface area (Å²) in [6.07, 6.45) is 1.85. The van der Waals surface area contributed by atoms with Gasteiger partial charge in [0.15, 0.2) is 4.32 Å². The van der Waals surface area contributed by atoms with Crippen LogP contribution in [0.5, 0.6) is 5.75 Å². The maximum Gasteiger partial charge on any atom is 0.270 e. The highest BCUT2D eigenvalue weighted by atomic mass is 79.9. The molecule has 1 amide bonds. The predicted molar refractivity (Wildman–Crippen MR) is 145 cm³/mol. The van der Waals surface area contributed by atoms with Crippen molar-refractivity contribution in [1.82, 2.24) is 0 Å². The number of carbonyl (C=O) groups is 1. The number of rotatable bonds is 5. The number of fused-ring (bicyclic) bond motifs is 1. The minimum absolute atomic E-state index is 0.132. The summed E-state index contributed by atoms with van der Waals surface area (Å²) in [7, 11) is 0. The van der Waals surface area contributed by atoms with Crippen LogP contribution in [0.2, 0.25) is 0 Å². The van der Waals surface area contributed by atoms with Crippen LogP contribution in [0.4, 0.5) is 5.69 Å². The number of benzene rings is 4. The summed E-state index contributed by atoms with van der Waals surface area (Å²) >= 11 is 10.3. The van der Waals surface area contributed by atoms with Crippen LogP contribution in [0.15, 0.2) is 100 Å². The summed E-state index contributed by atoms with van der Waals surface area (Å²) in [6, 6.07) is 29.9. The Balaban J connectivity index is 1.38. The van der Waals surface area contributed by atoms with E-state index in [1.165, 1.54) is 22.5 Å². The maximum absolute atomic E-state index is 13.1. The van der Waals surface area contributed by atoms with E-state index in [4.69, 9.17) is 17.0 Å². The molecule has 1 saturated heterocycles. The summed E-state index contributed by atoms with van der Waals surface area (Å²) in [4.78, 5) is 15.3. The molecule has 1 fully saturated rings. The van der Waals surface area contributed by atoms with Crippen molar-refractivity contribution in [3.8, 4) is 5.75 Å². The van der Waals surface area contributed by atoms with Crippen LogP contribution in [0.1, 0.15) is 11.1 Å². The maximum atomic E-state index is 13.1. The van der Waals surface area contributed by atoms with E-state index in [0.29, 0.717) is 15.8 Å². The Bertz CT molecular complexity index is 1420. The molecule has 1 heterocycles. The van der Waals surface area contributed by atoms with Crippen molar-refractivity contribution in [2.24, 2.45) is 0 Å². The van der Waals surface area contributed by atoms with E-state index in [1.807, 2.05) is 66.7 Å². The van der Waals surface area contributed by atoms with Crippen molar-refractivity contribution in [1.29, 1.82) is 0 Å². The Morgan fingerprint density at radius 1 is 0.909 bits per heavy atom. The highest BCUT2D eigenvalue weighted by Gasteiger charge is 2.33. The lowest BCUT2D eigenvalue weighted by Gasteiger charge is -2.14. The molecule has 6 heteroatoms. The highest BCUT2D eigenvalue weighted by Crippen LogP contribution is 2.37. The molecular weight excluding hydrogens is 514 g/mol. The van der Waals surface area contributed by atoms with E-state index < -0.39 is 0 Å². The number of thiocarbonyl (C=S) groups is 1. The zero-order valence-electron chi connectivity index (χ0n) is 17.4. The third-order valence-corrected chi connectivity index (χ3v) is 7.07. The fraction of sp³-hybridized carbons (Fsp3) is 0.0370. The largest absolute Gasteiger partial charge is 0.488 e. The van der Waals surface area contributed by atoms with Crippen LogP contribution < -0.4 is 9.64 Å². The van der Waals surface area contributed by atoms with E-state index in [-0.39, 0.29) is 5.91 Å². The zero-order valence-corrected chi connectivity index (χ0v) is 20.6. The summed E-state index contributed by atoms with van der Waals surface area (Å²) in [5.41, 5.74) is 2.67. The first-order valence-electron chi connectivity index (χ1n) is 10.3. The second kappa shape index (κ2) is 9.51. The monoisotopic (exact) mass is 531 g/mol. The molecule has 33 heavy (non-hydrogen) atoms. The molecule has 1 aliphatic heterocycles. The number of amides is 1. The van der Waals surface area contributed by atoms with Crippen molar-refractivity contribution >= 4 is 72.7 Å². The van der Waals surface area contributed by atoms with Gasteiger partial charge < -0.3 is 4.74 Å². The average molecular weight is 532 g/mol. The molecule has 0 saturated carbocycles. The molecule has 0 aliphatic carbocycles.